The number of halogens is 2. The average molecular weight is 214 g/mol. The Morgan fingerprint density at radius 2 is 2.20 bits per heavy atom. The van der Waals surface area contributed by atoms with Crippen LogP contribution < -0.4 is 10.2 Å². The van der Waals surface area contributed by atoms with Gasteiger partial charge in [0.1, 0.15) is 17.8 Å². The third-order valence-corrected chi connectivity index (χ3v) is 2.51. The van der Waals surface area contributed by atoms with E-state index >= 15 is 0 Å². The van der Waals surface area contributed by atoms with Crippen LogP contribution in [0.3, 0.4) is 0 Å². The molecule has 4 nitrogen and oxygen atoms in total. The molecule has 1 aliphatic heterocycles. The molecule has 0 radical (unpaired) electrons. The number of rotatable bonds is 3. The SMILES string of the molecule is CNC1CN(c2cc(C(F)F)ncn2)C1. The first kappa shape index (κ1) is 10.2. The van der Waals surface area contributed by atoms with Crippen LogP contribution in [0.15, 0.2) is 12.4 Å². The minimum absolute atomic E-state index is 0.215. The molecule has 82 valence electrons. The lowest BCUT2D eigenvalue weighted by molar-refractivity contribution is 0.146. The maximum absolute atomic E-state index is 12.4. The first-order valence-corrected chi connectivity index (χ1v) is 4.73. The van der Waals surface area contributed by atoms with E-state index < -0.39 is 6.43 Å². The Bertz CT molecular complexity index is 339. The van der Waals surface area contributed by atoms with Crippen molar-refractivity contribution in [1.82, 2.24) is 15.3 Å². The van der Waals surface area contributed by atoms with Crippen LogP contribution in [0.5, 0.6) is 0 Å². The Morgan fingerprint density at radius 1 is 1.47 bits per heavy atom. The first-order valence-electron chi connectivity index (χ1n) is 4.73. The lowest BCUT2D eigenvalue weighted by Gasteiger charge is -2.39. The Balaban J connectivity index is 2.06. The molecule has 1 aliphatic rings. The molecule has 15 heavy (non-hydrogen) atoms. The predicted molar refractivity (Wildman–Crippen MR) is 52.0 cm³/mol. The summed E-state index contributed by atoms with van der Waals surface area (Å²) in [7, 11) is 1.88. The van der Waals surface area contributed by atoms with Crippen molar-refractivity contribution in [2.24, 2.45) is 0 Å². The molecule has 1 saturated heterocycles. The molecule has 0 atom stereocenters. The third-order valence-electron chi connectivity index (χ3n) is 2.51. The zero-order chi connectivity index (χ0) is 10.8. The highest BCUT2D eigenvalue weighted by molar-refractivity contribution is 5.43. The van der Waals surface area contributed by atoms with E-state index in [0.717, 1.165) is 13.1 Å². The summed E-state index contributed by atoms with van der Waals surface area (Å²) in [6.07, 6.45) is -1.35. The molecule has 1 aromatic heterocycles. The molecule has 0 spiro atoms. The number of hydrogen-bond acceptors (Lipinski definition) is 4. The molecule has 1 fully saturated rings. The molecule has 0 aliphatic carbocycles. The Kier molecular flexibility index (Phi) is 2.77. The summed E-state index contributed by atoms with van der Waals surface area (Å²) in [6, 6.07) is 1.77. The van der Waals surface area contributed by atoms with E-state index in [4.69, 9.17) is 0 Å². The zero-order valence-corrected chi connectivity index (χ0v) is 8.32. The fourth-order valence-electron chi connectivity index (χ4n) is 1.50. The summed E-state index contributed by atoms with van der Waals surface area (Å²) in [4.78, 5) is 9.42. The number of likely N-dealkylation sites (N-methyl/N-ethyl adjacent to an activating group) is 1. The summed E-state index contributed by atoms with van der Waals surface area (Å²) in [5, 5.41) is 3.11. The quantitative estimate of drug-likeness (QED) is 0.808. The van der Waals surface area contributed by atoms with Crippen molar-refractivity contribution in [2.45, 2.75) is 12.5 Å². The van der Waals surface area contributed by atoms with Crippen LogP contribution in [0.2, 0.25) is 0 Å². The van der Waals surface area contributed by atoms with Gasteiger partial charge in [0.25, 0.3) is 6.43 Å². The van der Waals surface area contributed by atoms with Crippen LogP contribution in [-0.4, -0.2) is 36.1 Å². The van der Waals surface area contributed by atoms with Crippen molar-refractivity contribution < 1.29 is 8.78 Å². The van der Waals surface area contributed by atoms with Gasteiger partial charge in [0.05, 0.1) is 0 Å². The summed E-state index contributed by atoms with van der Waals surface area (Å²) < 4.78 is 24.7. The van der Waals surface area contributed by atoms with Gasteiger partial charge in [-0.05, 0) is 7.05 Å². The molecule has 0 unspecified atom stereocenters. The van der Waals surface area contributed by atoms with Crippen LogP contribution in [0.1, 0.15) is 12.1 Å². The average Bonchev–Trinajstić information content (AvgIpc) is 2.16. The molecule has 0 bridgehead atoms. The Morgan fingerprint density at radius 3 is 2.80 bits per heavy atom. The normalized spacial score (nSPS) is 16.9. The molecule has 0 saturated carbocycles. The van der Waals surface area contributed by atoms with Crippen LogP contribution in [-0.2, 0) is 0 Å². The molecule has 0 aromatic carbocycles. The zero-order valence-electron chi connectivity index (χ0n) is 8.32. The van der Waals surface area contributed by atoms with Crippen molar-refractivity contribution in [3.63, 3.8) is 0 Å². The van der Waals surface area contributed by atoms with Crippen molar-refractivity contribution in [2.75, 3.05) is 25.0 Å². The Hall–Kier alpha value is -1.30. The number of hydrogen-bond donors (Lipinski definition) is 1. The smallest absolute Gasteiger partial charge is 0.280 e. The molecule has 2 heterocycles. The minimum Gasteiger partial charge on any atom is -0.353 e. The Labute approximate surface area is 86.3 Å². The van der Waals surface area contributed by atoms with Crippen molar-refractivity contribution in [3.8, 4) is 0 Å². The monoisotopic (exact) mass is 214 g/mol. The van der Waals surface area contributed by atoms with Crippen LogP contribution in [0.25, 0.3) is 0 Å². The molecular weight excluding hydrogens is 202 g/mol. The number of alkyl halides is 2. The van der Waals surface area contributed by atoms with Crippen LogP contribution >= 0.6 is 0 Å². The number of nitrogens with one attached hydrogen (secondary N) is 1. The second-order valence-electron chi connectivity index (χ2n) is 3.49. The summed E-state index contributed by atoms with van der Waals surface area (Å²) in [6.45, 7) is 1.60. The van der Waals surface area contributed by atoms with Gasteiger partial charge in [0.15, 0.2) is 0 Å². The van der Waals surface area contributed by atoms with E-state index in [1.807, 2.05) is 11.9 Å². The molecule has 6 heteroatoms. The fraction of sp³-hybridized carbons (Fsp3) is 0.556. The van der Waals surface area contributed by atoms with Gasteiger partial charge in [-0.25, -0.2) is 18.7 Å². The van der Waals surface area contributed by atoms with Gasteiger partial charge < -0.3 is 10.2 Å². The van der Waals surface area contributed by atoms with Gasteiger partial charge in [-0.2, -0.15) is 0 Å². The summed E-state index contributed by atoms with van der Waals surface area (Å²) >= 11 is 0. The number of nitrogens with zero attached hydrogens (tertiary/aromatic N) is 3. The molecule has 1 aromatic rings. The van der Waals surface area contributed by atoms with E-state index in [0.29, 0.717) is 11.9 Å². The van der Waals surface area contributed by atoms with Crippen LogP contribution in [0, 0.1) is 0 Å². The molecular formula is C9H12F2N4. The van der Waals surface area contributed by atoms with Gasteiger partial charge in [-0.1, -0.05) is 0 Å². The highest BCUT2D eigenvalue weighted by atomic mass is 19.3. The largest absolute Gasteiger partial charge is 0.353 e. The van der Waals surface area contributed by atoms with Crippen molar-refractivity contribution in [3.05, 3.63) is 18.1 Å². The second kappa shape index (κ2) is 4.06. The van der Waals surface area contributed by atoms with E-state index in [9.17, 15) is 8.78 Å². The fourth-order valence-corrected chi connectivity index (χ4v) is 1.50. The topological polar surface area (TPSA) is 41.0 Å². The van der Waals surface area contributed by atoms with Gasteiger partial charge in [-0.3, -0.25) is 0 Å². The van der Waals surface area contributed by atoms with Crippen molar-refractivity contribution in [1.29, 1.82) is 0 Å². The third kappa shape index (κ3) is 2.04. The number of anilines is 1. The maximum atomic E-state index is 12.4. The molecule has 0 amide bonds. The van der Waals surface area contributed by atoms with E-state index in [2.05, 4.69) is 15.3 Å². The number of aromatic nitrogens is 2. The van der Waals surface area contributed by atoms with Crippen LogP contribution in [0.4, 0.5) is 14.6 Å². The van der Waals surface area contributed by atoms with E-state index in [1.54, 1.807) is 0 Å². The summed E-state index contributed by atoms with van der Waals surface area (Å²) in [5.41, 5.74) is -0.215. The highest BCUT2D eigenvalue weighted by Gasteiger charge is 2.26. The highest BCUT2D eigenvalue weighted by Crippen LogP contribution is 2.22. The standard InChI is InChI=1S/C9H12F2N4/c1-12-6-3-15(4-6)8-2-7(9(10)11)13-5-14-8/h2,5-6,9,12H,3-4H2,1H3. The first-order chi connectivity index (χ1) is 7.20. The lowest BCUT2D eigenvalue weighted by atomic mass is 10.1. The van der Waals surface area contributed by atoms with Crippen molar-refractivity contribution >= 4 is 5.82 Å². The summed E-state index contributed by atoms with van der Waals surface area (Å²) in [5.74, 6) is 0.576. The second-order valence-corrected chi connectivity index (χ2v) is 3.49. The molecule has 1 N–H and O–H groups in total. The molecule has 2 rings (SSSR count). The minimum atomic E-state index is -2.53. The van der Waals surface area contributed by atoms with Gasteiger partial charge in [0.2, 0.25) is 0 Å². The lowest BCUT2D eigenvalue weighted by Crippen LogP contribution is -2.57. The van der Waals surface area contributed by atoms with Gasteiger partial charge in [0, 0.05) is 25.2 Å². The van der Waals surface area contributed by atoms with Gasteiger partial charge >= 0.3 is 0 Å². The maximum Gasteiger partial charge on any atom is 0.280 e. The van der Waals surface area contributed by atoms with E-state index in [-0.39, 0.29) is 5.69 Å². The van der Waals surface area contributed by atoms with Gasteiger partial charge in [-0.15, -0.1) is 0 Å². The van der Waals surface area contributed by atoms with E-state index in [1.165, 1.54) is 12.4 Å². The predicted octanol–water partition coefficient (Wildman–Crippen LogP) is 0.822.